The van der Waals surface area contributed by atoms with Crippen LogP contribution in [-0.4, -0.2) is 47.4 Å². The molecular weight excluding hydrogens is 376 g/mol. The largest absolute Gasteiger partial charge is 0.481 e. The van der Waals surface area contributed by atoms with Crippen LogP contribution in [0.3, 0.4) is 0 Å². The van der Waals surface area contributed by atoms with Crippen LogP contribution in [0.25, 0.3) is 0 Å². The van der Waals surface area contributed by atoms with E-state index in [9.17, 15) is 14.4 Å². The molecule has 0 spiro atoms. The number of carboxylic acids is 2. The van der Waals surface area contributed by atoms with Crippen molar-refractivity contribution in [2.45, 2.75) is 96.5 Å². The molecule has 2 N–H and O–H groups in total. The summed E-state index contributed by atoms with van der Waals surface area (Å²) in [6.07, 6.45) is 15.9. The summed E-state index contributed by atoms with van der Waals surface area (Å²) >= 11 is 0. The first kappa shape index (κ1) is 27.1. The molecule has 0 aromatic heterocycles. The number of unbranched alkanes of at least 4 members (excludes halogenated alkanes) is 8. The van der Waals surface area contributed by atoms with Gasteiger partial charge in [0, 0.05) is 12.8 Å². The van der Waals surface area contributed by atoms with Gasteiger partial charge in [0.15, 0.2) is 0 Å². The van der Waals surface area contributed by atoms with Crippen LogP contribution in [-0.2, 0) is 23.9 Å². The van der Waals surface area contributed by atoms with E-state index in [2.05, 4.69) is 13.0 Å². The predicted octanol–water partition coefficient (Wildman–Crippen LogP) is 4.73. The molecule has 29 heavy (non-hydrogen) atoms. The second-order valence-corrected chi connectivity index (χ2v) is 7.26. The summed E-state index contributed by atoms with van der Waals surface area (Å²) in [6.45, 7) is 1.29. The summed E-state index contributed by atoms with van der Waals surface area (Å²) in [7, 11) is 0. The highest BCUT2D eigenvalue weighted by molar-refractivity contribution is 5.72. The lowest BCUT2D eigenvalue weighted by Crippen LogP contribution is -2.22. The smallest absolute Gasteiger partial charge is 0.332 e. The fourth-order valence-electron chi connectivity index (χ4n) is 2.90. The first-order valence-corrected chi connectivity index (χ1v) is 10.8. The molecule has 0 fully saturated rings. The van der Waals surface area contributed by atoms with Crippen LogP contribution in [0.4, 0.5) is 0 Å². The minimum Gasteiger partial charge on any atom is -0.481 e. The molecule has 0 unspecified atom stereocenters. The lowest BCUT2D eigenvalue weighted by atomic mass is 10.1. The quantitative estimate of drug-likeness (QED) is 0.168. The van der Waals surface area contributed by atoms with Crippen molar-refractivity contribution >= 4 is 17.9 Å². The Labute approximate surface area is 174 Å². The Morgan fingerprint density at radius 1 is 0.828 bits per heavy atom. The van der Waals surface area contributed by atoms with Gasteiger partial charge in [0.25, 0.3) is 0 Å². The predicted molar refractivity (Wildman–Crippen MR) is 111 cm³/mol. The third kappa shape index (κ3) is 20.7. The summed E-state index contributed by atoms with van der Waals surface area (Å²) in [4.78, 5) is 32.7. The molecule has 0 heterocycles. The minimum absolute atomic E-state index is 0.208. The zero-order valence-corrected chi connectivity index (χ0v) is 17.8. The molecule has 0 radical (unpaired) electrons. The Morgan fingerprint density at radius 3 is 2.21 bits per heavy atom. The van der Waals surface area contributed by atoms with Crippen molar-refractivity contribution in [2.24, 2.45) is 0 Å². The zero-order chi connectivity index (χ0) is 21.7. The molecule has 7 nitrogen and oxygen atoms in total. The minimum atomic E-state index is -1.11. The number of ether oxygens (including phenoxy) is 2. The summed E-state index contributed by atoms with van der Waals surface area (Å²) in [6, 6.07) is 0. The number of rotatable bonds is 20. The van der Waals surface area contributed by atoms with Crippen molar-refractivity contribution in [1.29, 1.82) is 0 Å². The van der Waals surface area contributed by atoms with Crippen molar-refractivity contribution in [3.8, 4) is 0 Å². The lowest BCUT2D eigenvalue weighted by Gasteiger charge is -2.16. The van der Waals surface area contributed by atoms with Gasteiger partial charge in [0.05, 0.1) is 0 Å². The van der Waals surface area contributed by atoms with E-state index in [1.54, 1.807) is 0 Å². The van der Waals surface area contributed by atoms with Gasteiger partial charge in [0.1, 0.15) is 19.3 Å². The number of carbonyl (C=O) groups excluding carboxylic acids is 1. The molecule has 0 amide bonds. The SMILES string of the molecule is CCCCCC[C@H](C/C=C\CCCCCCCC(=O)O)OC(=O)COCC(=O)O. The van der Waals surface area contributed by atoms with E-state index >= 15 is 0 Å². The van der Waals surface area contributed by atoms with Crippen LogP contribution in [0.15, 0.2) is 12.2 Å². The fraction of sp³-hybridized carbons (Fsp3) is 0.773. The Kier molecular flexibility index (Phi) is 18.2. The van der Waals surface area contributed by atoms with E-state index in [0.29, 0.717) is 6.42 Å². The highest BCUT2D eigenvalue weighted by atomic mass is 16.6. The van der Waals surface area contributed by atoms with E-state index in [1.165, 1.54) is 0 Å². The molecule has 7 heteroatoms. The molecule has 0 aliphatic carbocycles. The second kappa shape index (κ2) is 19.4. The van der Waals surface area contributed by atoms with Gasteiger partial charge in [-0.2, -0.15) is 0 Å². The van der Waals surface area contributed by atoms with Crippen molar-refractivity contribution < 1.29 is 34.1 Å². The summed E-state index contributed by atoms with van der Waals surface area (Å²) in [5.41, 5.74) is 0. The number of allylic oxidation sites excluding steroid dienone is 1. The number of esters is 1. The van der Waals surface area contributed by atoms with Crippen molar-refractivity contribution in [3.63, 3.8) is 0 Å². The molecular formula is C22H38O7. The van der Waals surface area contributed by atoms with E-state index < -0.39 is 24.5 Å². The van der Waals surface area contributed by atoms with Crippen LogP contribution in [0.1, 0.15) is 90.4 Å². The lowest BCUT2D eigenvalue weighted by molar-refractivity contribution is -0.157. The molecule has 1 atom stereocenters. The van der Waals surface area contributed by atoms with Crippen LogP contribution in [0.2, 0.25) is 0 Å². The number of carbonyl (C=O) groups is 3. The molecule has 0 rings (SSSR count). The Balaban J connectivity index is 4.05. The van der Waals surface area contributed by atoms with Crippen LogP contribution >= 0.6 is 0 Å². The number of aliphatic carboxylic acids is 2. The van der Waals surface area contributed by atoms with Crippen molar-refractivity contribution in [2.75, 3.05) is 13.2 Å². The van der Waals surface area contributed by atoms with Crippen LogP contribution < -0.4 is 0 Å². The molecule has 0 saturated heterocycles. The standard InChI is InChI=1S/C22H38O7/c1-2-3-4-11-14-19(29-22(27)18-28-17-21(25)26)15-12-9-7-5-6-8-10-13-16-20(23)24/h9,12,19H,2-8,10-11,13-18H2,1H3,(H,23,24)(H,25,26)/b12-9-/t19-/m1/s1. The number of hydrogen-bond donors (Lipinski definition) is 2. The van der Waals surface area contributed by atoms with Gasteiger partial charge < -0.3 is 19.7 Å². The molecule has 168 valence electrons. The van der Waals surface area contributed by atoms with E-state index in [1.807, 2.05) is 6.08 Å². The monoisotopic (exact) mass is 414 g/mol. The maximum Gasteiger partial charge on any atom is 0.332 e. The van der Waals surface area contributed by atoms with Gasteiger partial charge in [-0.15, -0.1) is 0 Å². The third-order valence-corrected chi connectivity index (χ3v) is 4.45. The van der Waals surface area contributed by atoms with Gasteiger partial charge in [-0.25, -0.2) is 9.59 Å². The first-order valence-electron chi connectivity index (χ1n) is 10.8. The van der Waals surface area contributed by atoms with Gasteiger partial charge in [0.2, 0.25) is 0 Å². The molecule has 0 saturated carbocycles. The highest BCUT2D eigenvalue weighted by Gasteiger charge is 2.13. The van der Waals surface area contributed by atoms with E-state index in [0.717, 1.165) is 70.6 Å². The topological polar surface area (TPSA) is 110 Å². The van der Waals surface area contributed by atoms with Gasteiger partial charge >= 0.3 is 17.9 Å². The molecule has 0 aromatic carbocycles. The fourth-order valence-corrected chi connectivity index (χ4v) is 2.90. The first-order chi connectivity index (χ1) is 14.0. The Morgan fingerprint density at radius 2 is 1.52 bits per heavy atom. The maximum absolute atomic E-state index is 11.8. The van der Waals surface area contributed by atoms with Crippen molar-refractivity contribution in [3.05, 3.63) is 12.2 Å². The van der Waals surface area contributed by atoms with Gasteiger partial charge in [-0.3, -0.25) is 4.79 Å². The van der Waals surface area contributed by atoms with E-state index in [-0.39, 0.29) is 19.1 Å². The van der Waals surface area contributed by atoms with Gasteiger partial charge in [-0.1, -0.05) is 57.6 Å². The zero-order valence-electron chi connectivity index (χ0n) is 17.8. The average Bonchev–Trinajstić information content (AvgIpc) is 2.65. The van der Waals surface area contributed by atoms with Crippen molar-refractivity contribution in [1.82, 2.24) is 0 Å². The van der Waals surface area contributed by atoms with Crippen LogP contribution in [0, 0.1) is 0 Å². The Bertz CT molecular complexity index is 474. The molecule has 0 bridgehead atoms. The molecule has 0 aliphatic heterocycles. The van der Waals surface area contributed by atoms with Crippen LogP contribution in [0.5, 0.6) is 0 Å². The summed E-state index contributed by atoms with van der Waals surface area (Å²) < 4.78 is 10.2. The third-order valence-electron chi connectivity index (χ3n) is 4.45. The average molecular weight is 415 g/mol. The number of hydrogen-bond acceptors (Lipinski definition) is 5. The highest BCUT2D eigenvalue weighted by Crippen LogP contribution is 2.13. The molecule has 0 aromatic rings. The molecule has 0 aliphatic rings. The van der Waals surface area contributed by atoms with E-state index in [4.69, 9.17) is 19.7 Å². The number of carboxylic acid groups (broad SMARTS) is 2. The summed E-state index contributed by atoms with van der Waals surface area (Å²) in [5, 5.41) is 17.1. The van der Waals surface area contributed by atoms with Gasteiger partial charge in [-0.05, 0) is 32.1 Å². The second-order valence-electron chi connectivity index (χ2n) is 7.26. The summed E-state index contributed by atoms with van der Waals surface area (Å²) in [5.74, 6) is -2.37. The normalized spacial score (nSPS) is 12.2. The maximum atomic E-state index is 11.8. The Hall–Kier alpha value is -1.89.